The van der Waals surface area contributed by atoms with Crippen molar-refractivity contribution in [3.63, 3.8) is 0 Å². The first-order chi connectivity index (χ1) is 8.94. The first-order valence-electron chi connectivity index (χ1n) is 6.43. The molecule has 0 N–H and O–H groups in total. The number of halogens is 1. The normalized spacial score (nSPS) is 11.6. The summed E-state index contributed by atoms with van der Waals surface area (Å²) in [4.78, 5) is 0. The van der Waals surface area contributed by atoms with Crippen LogP contribution in [0.2, 0.25) is 5.02 Å². The topological polar surface area (TPSA) is 9.23 Å². The van der Waals surface area contributed by atoms with Gasteiger partial charge in [0.2, 0.25) is 0 Å². The van der Waals surface area contributed by atoms with E-state index in [0.717, 1.165) is 5.02 Å². The molecule has 0 radical (unpaired) electrons. The highest BCUT2D eigenvalue weighted by Gasteiger charge is 2.09. The molecule has 0 aliphatic carbocycles. The second-order valence-corrected chi connectivity index (χ2v) is 6.04. The summed E-state index contributed by atoms with van der Waals surface area (Å²) < 4.78 is 5.76. The second kappa shape index (κ2) is 5.77. The molecular weight excluding hydrogens is 256 g/mol. The maximum Gasteiger partial charge on any atom is 0.0724 e. The minimum atomic E-state index is -0.102. The SMILES string of the molecule is CC(C)(C)OCc1ccc(-c2ccc(Cl)cc2)cc1. The molecule has 0 fully saturated rings. The van der Waals surface area contributed by atoms with Crippen LogP contribution in [0.5, 0.6) is 0 Å². The molecule has 0 atom stereocenters. The molecule has 1 nitrogen and oxygen atoms in total. The molecule has 19 heavy (non-hydrogen) atoms. The minimum Gasteiger partial charge on any atom is -0.371 e. The highest BCUT2D eigenvalue weighted by atomic mass is 35.5. The van der Waals surface area contributed by atoms with Gasteiger partial charge >= 0.3 is 0 Å². The minimum absolute atomic E-state index is 0.102. The van der Waals surface area contributed by atoms with Gasteiger partial charge in [0.25, 0.3) is 0 Å². The fourth-order valence-corrected chi connectivity index (χ4v) is 1.86. The van der Waals surface area contributed by atoms with Gasteiger partial charge in [0.15, 0.2) is 0 Å². The van der Waals surface area contributed by atoms with E-state index >= 15 is 0 Å². The Labute approximate surface area is 120 Å². The first-order valence-corrected chi connectivity index (χ1v) is 6.81. The zero-order chi connectivity index (χ0) is 13.9. The van der Waals surface area contributed by atoms with Crippen molar-refractivity contribution in [2.75, 3.05) is 0 Å². The number of benzene rings is 2. The Morgan fingerprint density at radius 3 is 1.79 bits per heavy atom. The molecule has 100 valence electrons. The first kappa shape index (κ1) is 14.1. The zero-order valence-electron chi connectivity index (χ0n) is 11.6. The quantitative estimate of drug-likeness (QED) is 0.736. The standard InChI is InChI=1S/C17H19ClO/c1-17(2,3)19-12-13-4-6-14(7-5-13)15-8-10-16(18)11-9-15/h4-11H,12H2,1-3H3. The summed E-state index contributed by atoms with van der Waals surface area (Å²) in [5, 5.41) is 0.763. The lowest BCUT2D eigenvalue weighted by Gasteiger charge is -2.19. The van der Waals surface area contributed by atoms with Gasteiger partial charge < -0.3 is 4.74 Å². The van der Waals surface area contributed by atoms with Crippen LogP contribution in [0.25, 0.3) is 11.1 Å². The van der Waals surface area contributed by atoms with Crippen molar-refractivity contribution in [1.82, 2.24) is 0 Å². The fourth-order valence-electron chi connectivity index (χ4n) is 1.74. The maximum absolute atomic E-state index is 5.89. The van der Waals surface area contributed by atoms with Gasteiger partial charge in [-0.05, 0) is 49.6 Å². The third-order valence-corrected chi connectivity index (χ3v) is 3.06. The molecule has 2 heteroatoms. The molecule has 0 saturated heterocycles. The monoisotopic (exact) mass is 274 g/mol. The molecule has 2 aromatic carbocycles. The molecule has 0 aromatic heterocycles. The lowest BCUT2D eigenvalue weighted by atomic mass is 10.0. The van der Waals surface area contributed by atoms with Gasteiger partial charge in [0.05, 0.1) is 12.2 Å². The van der Waals surface area contributed by atoms with Gasteiger partial charge in [-0.2, -0.15) is 0 Å². The smallest absolute Gasteiger partial charge is 0.0724 e. The summed E-state index contributed by atoms with van der Waals surface area (Å²) in [6.07, 6.45) is 0. The predicted molar refractivity (Wildman–Crippen MR) is 81.4 cm³/mol. The van der Waals surface area contributed by atoms with Crippen LogP contribution in [0.3, 0.4) is 0 Å². The van der Waals surface area contributed by atoms with E-state index in [1.54, 1.807) is 0 Å². The van der Waals surface area contributed by atoms with Crippen molar-refractivity contribution in [3.8, 4) is 11.1 Å². The largest absolute Gasteiger partial charge is 0.371 e. The molecule has 0 spiro atoms. The van der Waals surface area contributed by atoms with Crippen LogP contribution in [0.4, 0.5) is 0 Å². The average molecular weight is 275 g/mol. The van der Waals surface area contributed by atoms with Crippen molar-refractivity contribution in [2.24, 2.45) is 0 Å². The Morgan fingerprint density at radius 1 is 0.842 bits per heavy atom. The van der Waals surface area contributed by atoms with E-state index in [1.807, 2.05) is 24.3 Å². The average Bonchev–Trinajstić information content (AvgIpc) is 2.37. The van der Waals surface area contributed by atoms with Crippen LogP contribution in [0.1, 0.15) is 26.3 Å². The van der Waals surface area contributed by atoms with Crippen LogP contribution < -0.4 is 0 Å². The van der Waals surface area contributed by atoms with Gasteiger partial charge in [-0.3, -0.25) is 0 Å². The van der Waals surface area contributed by atoms with Crippen LogP contribution >= 0.6 is 11.6 Å². The van der Waals surface area contributed by atoms with E-state index in [0.29, 0.717) is 6.61 Å². The Kier molecular flexibility index (Phi) is 4.28. The summed E-state index contributed by atoms with van der Waals surface area (Å²) in [6, 6.07) is 16.3. The number of rotatable bonds is 3. The highest BCUT2D eigenvalue weighted by Crippen LogP contribution is 2.22. The molecule has 2 aromatic rings. The molecular formula is C17H19ClO. The predicted octanol–water partition coefficient (Wildman–Crippen LogP) is 5.32. The lowest BCUT2D eigenvalue weighted by molar-refractivity contribution is -0.0149. The Bertz CT molecular complexity index is 521. The third kappa shape index (κ3) is 4.38. The van der Waals surface area contributed by atoms with E-state index in [9.17, 15) is 0 Å². The van der Waals surface area contributed by atoms with Gasteiger partial charge in [0.1, 0.15) is 0 Å². The zero-order valence-corrected chi connectivity index (χ0v) is 12.4. The molecule has 0 aliphatic heterocycles. The van der Waals surface area contributed by atoms with Crippen LogP contribution in [-0.2, 0) is 11.3 Å². The van der Waals surface area contributed by atoms with Crippen LogP contribution in [0.15, 0.2) is 48.5 Å². The van der Waals surface area contributed by atoms with Gasteiger partial charge in [-0.15, -0.1) is 0 Å². The number of hydrogen-bond acceptors (Lipinski definition) is 1. The molecule has 2 rings (SSSR count). The summed E-state index contributed by atoms with van der Waals surface area (Å²) in [7, 11) is 0. The molecule has 0 amide bonds. The van der Waals surface area contributed by atoms with Gasteiger partial charge in [-0.25, -0.2) is 0 Å². The third-order valence-electron chi connectivity index (χ3n) is 2.80. The van der Waals surface area contributed by atoms with Crippen molar-refractivity contribution in [3.05, 3.63) is 59.1 Å². The summed E-state index contributed by atoms with van der Waals surface area (Å²) in [6.45, 7) is 6.84. The lowest BCUT2D eigenvalue weighted by Crippen LogP contribution is -2.18. The summed E-state index contributed by atoms with van der Waals surface area (Å²) >= 11 is 5.89. The van der Waals surface area contributed by atoms with Crippen LogP contribution in [0, 0.1) is 0 Å². The second-order valence-electron chi connectivity index (χ2n) is 5.60. The molecule has 0 bridgehead atoms. The van der Waals surface area contributed by atoms with E-state index in [2.05, 4.69) is 45.0 Å². The van der Waals surface area contributed by atoms with Gasteiger partial charge in [-0.1, -0.05) is 48.0 Å². The molecule has 0 aliphatic rings. The summed E-state index contributed by atoms with van der Waals surface area (Å²) in [5.74, 6) is 0. The van der Waals surface area contributed by atoms with Crippen molar-refractivity contribution < 1.29 is 4.74 Å². The number of hydrogen-bond donors (Lipinski definition) is 0. The Balaban J connectivity index is 2.08. The Morgan fingerprint density at radius 2 is 1.32 bits per heavy atom. The number of ether oxygens (including phenoxy) is 1. The Hall–Kier alpha value is -1.31. The van der Waals surface area contributed by atoms with E-state index in [1.165, 1.54) is 16.7 Å². The van der Waals surface area contributed by atoms with Crippen molar-refractivity contribution >= 4 is 11.6 Å². The molecule has 0 saturated carbocycles. The van der Waals surface area contributed by atoms with E-state index in [-0.39, 0.29) is 5.60 Å². The molecule has 0 heterocycles. The highest BCUT2D eigenvalue weighted by molar-refractivity contribution is 6.30. The fraction of sp³-hybridized carbons (Fsp3) is 0.294. The maximum atomic E-state index is 5.89. The molecule has 0 unspecified atom stereocenters. The van der Waals surface area contributed by atoms with Crippen molar-refractivity contribution in [2.45, 2.75) is 33.0 Å². The van der Waals surface area contributed by atoms with Crippen molar-refractivity contribution in [1.29, 1.82) is 0 Å². The summed E-state index contributed by atoms with van der Waals surface area (Å²) in [5.41, 5.74) is 3.45. The van der Waals surface area contributed by atoms with Gasteiger partial charge in [0, 0.05) is 5.02 Å². The van der Waals surface area contributed by atoms with E-state index < -0.39 is 0 Å². The van der Waals surface area contributed by atoms with E-state index in [4.69, 9.17) is 16.3 Å². The van der Waals surface area contributed by atoms with Crippen LogP contribution in [-0.4, -0.2) is 5.60 Å².